The largest absolute Gasteiger partial charge is 0.433 e. The molecule has 2 aliphatic rings. The van der Waals surface area contributed by atoms with Crippen molar-refractivity contribution < 1.29 is 27.4 Å². The fourth-order valence-corrected chi connectivity index (χ4v) is 3.94. The van der Waals surface area contributed by atoms with Gasteiger partial charge in [-0.1, -0.05) is 0 Å². The van der Waals surface area contributed by atoms with Gasteiger partial charge in [-0.25, -0.2) is 14.5 Å². The Hall–Kier alpha value is -3.25. The number of aromatic nitrogens is 4. The first-order valence-corrected chi connectivity index (χ1v) is 10.5. The predicted octanol–water partition coefficient (Wildman–Crippen LogP) is 2.12. The standard InChI is InChI=1S/C21H21F3N6O3/c22-21(23,24)17-12-16(14-1-2-25-18(11-14)28-3-7-32-8-4-28)27-19-15(13-26-30(17)19)20(31)29-5-9-33-10-6-29/h1-2,11-13H,3-10H2. The van der Waals surface area contributed by atoms with Gasteiger partial charge in [-0.2, -0.15) is 18.3 Å². The molecular weight excluding hydrogens is 441 g/mol. The molecule has 0 atom stereocenters. The first-order valence-electron chi connectivity index (χ1n) is 10.5. The van der Waals surface area contributed by atoms with Gasteiger partial charge in [0.2, 0.25) is 0 Å². The van der Waals surface area contributed by atoms with Crippen molar-refractivity contribution >= 4 is 17.4 Å². The molecule has 3 aromatic rings. The number of ether oxygens (including phenoxy) is 2. The van der Waals surface area contributed by atoms with Crippen LogP contribution >= 0.6 is 0 Å². The normalized spacial score (nSPS) is 17.5. The van der Waals surface area contributed by atoms with Crippen molar-refractivity contribution in [3.8, 4) is 11.3 Å². The Balaban J connectivity index is 1.60. The Morgan fingerprint density at radius 2 is 1.70 bits per heavy atom. The van der Waals surface area contributed by atoms with E-state index in [1.54, 1.807) is 12.1 Å². The van der Waals surface area contributed by atoms with Crippen LogP contribution in [0.3, 0.4) is 0 Å². The maximum absolute atomic E-state index is 13.9. The molecule has 5 rings (SSSR count). The van der Waals surface area contributed by atoms with Gasteiger partial charge in [-0.3, -0.25) is 4.79 Å². The van der Waals surface area contributed by atoms with Crippen LogP contribution in [-0.4, -0.2) is 83.0 Å². The van der Waals surface area contributed by atoms with Crippen LogP contribution < -0.4 is 4.90 Å². The summed E-state index contributed by atoms with van der Waals surface area (Å²) in [5.74, 6) is 0.207. The van der Waals surface area contributed by atoms with Crippen LogP contribution in [0.25, 0.3) is 16.9 Å². The Labute approximate surface area is 186 Å². The van der Waals surface area contributed by atoms with Gasteiger partial charge in [0.15, 0.2) is 11.3 Å². The Bertz CT molecular complexity index is 1170. The predicted molar refractivity (Wildman–Crippen MR) is 111 cm³/mol. The number of hydrogen-bond acceptors (Lipinski definition) is 7. The lowest BCUT2D eigenvalue weighted by Gasteiger charge is -2.28. The second-order valence-electron chi connectivity index (χ2n) is 7.72. The molecule has 0 radical (unpaired) electrons. The summed E-state index contributed by atoms with van der Waals surface area (Å²) >= 11 is 0. The van der Waals surface area contributed by atoms with E-state index in [0.717, 1.165) is 12.3 Å². The molecule has 0 spiro atoms. The number of morpholine rings is 2. The maximum atomic E-state index is 13.9. The molecule has 0 unspecified atom stereocenters. The highest BCUT2D eigenvalue weighted by Crippen LogP contribution is 2.33. The van der Waals surface area contributed by atoms with Crippen LogP contribution in [0.5, 0.6) is 0 Å². The number of alkyl halides is 3. The summed E-state index contributed by atoms with van der Waals surface area (Å²) in [5.41, 5.74) is -0.574. The van der Waals surface area contributed by atoms with Crippen LogP contribution in [-0.2, 0) is 15.7 Å². The van der Waals surface area contributed by atoms with E-state index in [4.69, 9.17) is 9.47 Å². The van der Waals surface area contributed by atoms with Gasteiger partial charge in [0.25, 0.3) is 5.91 Å². The van der Waals surface area contributed by atoms with Gasteiger partial charge in [0.05, 0.1) is 38.3 Å². The number of nitrogens with zero attached hydrogens (tertiary/aromatic N) is 6. The molecule has 0 saturated carbocycles. The van der Waals surface area contributed by atoms with E-state index < -0.39 is 17.8 Å². The van der Waals surface area contributed by atoms with E-state index in [2.05, 4.69) is 15.1 Å². The number of rotatable bonds is 3. The molecule has 3 aromatic heterocycles. The third kappa shape index (κ3) is 4.23. The molecule has 33 heavy (non-hydrogen) atoms. The van der Waals surface area contributed by atoms with E-state index in [1.165, 1.54) is 11.1 Å². The molecule has 2 saturated heterocycles. The average molecular weight is 462 g/mol. The molecule has 0 aromatic carbocycles. The highest BCUT2D eigenvalue weighted by molar-refractivity contribution is 6.00. The summed E-state index contributed by atoms with van der Waals surface area (Å²) in [5, 5.41) is 3.85. The lowest BCUT2D eigenvalue weighted by atomic mass is 10.1. The molecular formula is C21H21F3N6O3. The second kappa shape index (κ2) is 8.60. The molecule has 12 heteroatoms. The van der Waals surface area contributed by atoms with E-state index in [-0.39, 0.29) is 16.9 Å². The Kier molecular flexibility index (Phi) is 5.62. The van der Waals surface area contributed by atoms with Crippen molar-refractivity contribution in [2.45, 2.75) is 6.18 Å². The van der Waals surface area contributed by atoms with Crippen molar-refractivity contribution in [2.24, 2.45) is 0 Å². The number of fused-ring (bicyclic) bond motifs is 1. The summed E-state index contributed by atoms with van der Waals surface area (Å²) in [6.07, 6.45) is -2.01. The molecule has 0 bridgehead atoms. The molecule has 1 amide bonds. The van der Waals surface area contributed by atoms with Gasteiger partial charge >= 0.3 is 6.18 Å². The zero-order valence-corrected chi connectivity index (χ0v) is 17.6. The van der Waals surface area contributed by atoms with Gasteiger partial charge in [-0.15, -0.1) is 0 Å². The quantitative estimate of drug-likeness (QED) is 0.590. The summed E-state index contributed by atoms with van der Waals surface area (Å²) < 4.78 is 53.0. The van der Waals surface area contributed by atoms with Gasteiger partial charge < -0.3 is 19.3 Å². The minimum Gasteiger partial charge on any atom is -0.378 e. The number of carbonyl (C=O) groups excluding carboxylic acids is 1. The summed E-state index contributed by atoms with van der Waals surface area (Å²) in [4.78, 5) is 25.3. The fraction of sp³-hybridized carbons (Fsp3) is 0.429. The van der Waals surface area contributed by atoms with Gasteiger partial charge in [0, 0.05) is 37.9 Å². The molecule has 9 nitrogen and oxygen atoms in total. The number of halogens is 3. The number of hydrogen-bond donors (Lipinski definition) is 0. The van der Waals surface area contributed by atoms with E-state index in [1.807, 2.05) is 4.90 Å². The number of carbonyl (C=O) groups is 1. The van der Waals surface area contributed by atoms with E-state index >= 15 is 0 Å². The molecule has 0 N–H and O–H groups in total. The minimum absolute atomic E-state index is 0.0201. The average Bonchev–Trinajstić information content (AvgIpc) is 3.27. The monoisotopic (exact) mass is 462 g/mol. The Morgan fingerprint density at radius 3 is 2.39 bits per heavy atom. The van der Waals surface area contributed by atoms with E-state index in [0.29, 0.717) is 68.5 Å². The molecule has 174 valence electrons. The highest BCUT2D eigenvalue weighted by Gasteiger charge is 2.36. The summed E-state index contributed by atoms with van der Waals surface area (Å²) in [6, 6.07) is 4.24. The van der Waals surface area contributed by atoms with Crippen LogP contribution in [0.1, 0.15) is 16.1 Å². The molecule has 2 fully saturated rings. The first kappa shape index (κ1) is 21.6. The summed E-state index contributed by atoms with van der Waals surface area (Å²) in [7, 11) is 0. The molecule has 2 aliphatic heterocycles. The van der Waals surface area contributed by atoms with Crippen molar-refractivity contribution in [1.82, 2.24) is 24.5 Å². The first-order chi connectivity index (χ1) is 15.9. The van der Waals surface area contributed by atoms with Crippen molar-refractivity contribution in [1.29, 1.82) is 0 Å². The Morgan fingerprint density at radius 1 is 1.00 bits per heavy atom. The fourth-order valence-electron chi connectivity index (χ4n) is 3.94. The van der Waals surface area contributed by atoms with Crippen LogP contribution in [0.4, 0.5) is 19.0 Å². The topological polar surface area (TPSA) is 85.1 Å². The summed E-state index contributed by atoms with van der Waals surface area (Å²) in [6.45, 7) is 3.84. The third-order valence-electron chi connectivity index (χ3n) is 5.67. The smallest absolute Gasteiger partial charge is 0.378 e. The van der Waals surface area contributed by atoms with Crippen LogP contribution in [0.15, 0.2) is 30.6 Å². The number of amides is 1. The van der Waals surface area contributed by atoms with Gasteiger partial charge in [-0.05, 0) is 18.2 Å². The highest BCUT2D eigenvalue weighted by atomic mass is 19.4. The SMILES string of the molecule is O=C(c1cnn2c(C(F)(F)F)cc(-c3ccnc(N4CCOCC4)c3)nc12)N1CCOCC1. The van der Waals surface area contributed by atoms with E-state index in [9.17, 15) is 18.0 Å². The minimum atomic E-state index is -4.69. The zero-order valence-electron chi connectivity index (χ0n) is 17.6. The zero-order chi connectivity index (χ0) is 23.0. The lowest BCUT2D eigenvalue weighted by molar-refractivity contribution is -0.142. The van der Waals surface area contributed by atoms with Crippen molar-refractivity contribution in [3.05, 3.63) is 41.9 Å². The maximum Gasteiger partial charge on any atom is 0.433 e. The number of anilines is 1. The lowest BCUT2D eigenvalue weighted by Crippen LogP contribution is -2.40. The molecule has 0 aliphatic carbocycles. The second-order valence-corrected chi connectivity index (χ2v) is 7.72. The van der Waals surface area contributed by atoms with Crippen molar-refractivity contribution in [2.75, 3.05) is 57.5 Å². The third-order valence-corrected chi connectivity index (χ3v) is 5.67. The van der Waals surface area contributed by atoms with Crippen LogP contribution in [0.2, 0.25) is 0 Å². The van der Waals surface area contributed by atoms with Crippen molar-refractivity contribution in [3.63, 3.8) is 0 Å². The van der Waals surface area contributed by atoms with Gasteiger partial charge in [0.1, 0.15) is 11.4 Å². The molecule has 5 heterocycles. The number of pyridine rings is 1. The van der Waals surface area contributed by atoms with Crippen LogP contribution in [0, 0.1) is 0 Å².